The Balaban J connectivity index is 2.60. The number of rotatable bonds is 2. The number of carbonyl (C=O) groups excluding carboxylic acids is 1. The van der Waals surface area contributed by atoms with Gasteiger partial charge in [0.15, 0.2) is 0 Å². The summed E-state index contributed by atoms with van der Waals surface area (Å²) in [5.41, 5.74) is 4.93. The van der Waals surface area contributed by atoms with Gasteiger partial charge >= 0.3 is 0 Å². The summed E-state index contributed by atoms with van der Waals surface area (Å²) in [5, 5.41) is 4.49. The average molecular weight is 293 g/mol. The molecule has 1 heterocycles. The van der Waals surface area contributed by atoms with Crippen molar-refractivity contribution in [2.75, 3.05) is 0 Å². The highest BCUT2D eigenvalue weighted by Crippen LogP contribution is 2.24. The fraction of sp³-hybridized carbons (Fsp3) is 0.231. The molecular formula is C13H13BrN2O. The molecule has 88 valence electrons. The predicted octanol–water partition coefficient (Wildman–Crippen LogP) is 3.37. The lowest BCUT2D eigenvalue weighted by Gasteiger charge is -2.07. The molecule has 0 fully saturated rings. The Morgan fingerprint density at radius 2 is 2.00 bits per heavy atom. The molecule has 0 radical (unpaired) electrons. The van der Waals surface area contributed by atoms with Crippen molar-refractivity contribution >= 4 is 22.2 Å². The fourth-order valence-corrected chi connectivity index (χ4v) is 2.29. The van der Waals surface area contributed by atoms with Crippen molar-refractivity contribution in [3.63, 3.8) is 0 Å². The van der Waals surface area contributed by atoms with Gasteiger partial charge in [0.1, 0.15) is 6.29 Å². The predicted molar refractivity (Wildman–Crippen MR) is 70.9 cm³/mol. The number of halogens is 1. The Labute approximate surface area is 109 Å². The molecule has 0 saturated heterocycles. The van der Waals surface area contributed by atoms with Crippen LogP contribution in [0.1, 0.15) is 27.3 Å². The molecule has 0 spiro atoms. The normalized spacial score (nSPS) is 10.6. The zero-order valence-corrected chi connectivity index (χ0v) is 11.6. The Morgan fingerprint density at radius 3 is 2.47 bits per heavy atom. The van der Waals surface area contributed by atoms with E-state index < -0.39 is 0 Å². The number of benzene rings is 1. The molecular weight excluding hydrogens is 280 g/mol. The second kappa shape index (κ2) is 4.45. The number of aryl methyl sites for hydroxylation is 1. The maximum absolute atomic E-state index is 10.7. The molecule has 1 aromatic carbocycles. The van der Waals surface area contributed by atoms with Crippen molar-refractivity contribution in [3.8, 4) is 5.69 Å². The van der Waals surface area contributed by atoms with Gasteiger partial charge in [0, 0.05) is 15.7 Å². The van der Waals surface area contributed by atoms with Gasteiger partial charge in [-0.3, -0.25) is 4.79 Å². The second-order valence-electron chi connectivity index (χ2n) is 4.04. The lowest BCUT2D eigenvalue weighted by atomic mass is 10.2. The van der Waals surface area contributed by atoms with Crippen LogP contribution in [0.5, 0.6) is 0 Å². The number of carbonyl (C=O) groups is 1. The minimum atomic E-state index is 0.652. The van der Waals surface area contributed by atoms with E-state index in [2.05, 4.69) is 28.0 Å². The van der Waals surface area contributed by atoms with E-state index in [0.29, 0.717) is 5.56 Å². The Bertz CT molecular complexity index is 587. The van der Waals surface area contributed by atoms with Crippen LogP contribution in [0, 0.1) is 20.8 Å². The molecule has 0 amide bonds. The summed E-state index contributed by atoms with van der Waals surface area (Å²) < 4.78 is 2.76. The van der Waals surface area contributed by atoms with Crippen molar-refractivity contribution < 1.29 is 4.79 Å². The molecule has 0 N–H and O–H groups in total. The number of aromatic nitrogens is 2. The number of hydrogen-bond acceptors (Lipinski definition) is 2. The first-order valence-corrected chi connectivity index (χ1v) is 6.12. The fourth-order valence-electron chi connectivity index (χ4n) is 1.72. The van der Waals surface area contributed by atoms with Crippen molar-refractivity contribution in [2.45, 2.75) is 20.8 Å². The van der Waals surface area contributed by atoms with Crippen molar-refractivity contribution in [1.82, 2.24) is 9.78 Å². The van der Waals surface area contributed by atoms with E-state index in [1.165, 1.54) is 5.56 Å². The number of hydrogen-bond donors (Lipinski definition) is 0. The van der Waals surface area contributed by atoms with Gasteiger partial charge in [-0.15, -0.1) is 0 Å². The standard InChI is InChI=1S/C13H13BrN2O/c1-8-9(2)15-16(10(8)3)13-5-4-11(7-17)6-12(13)14/h4-7H,1-3H3. The average Bonchev–Trinajstić information content (AvgIpc) is 2.57. The van der Waals surface area contributed by atoms with Gasteiger partial charge in [-0.2, -0.15) is 5.10 Å². The van der Waals surface area contributed by atoms with Gasteiger partial charge in [0.25, 0.3) is 0 Å². The first kappa shape index (κ1) is 12.0. The van der Waals surface area contributed by atoms with Gasteiger partial charge < -0.3 is 0 Å². The summed E-state index contributed by atoms with van der Waals surface area (Å²) in [5.74, 6) is 0. The zero-order valence-electron chi connectivity index (χ0n) is 9.99. The van der Waals surface area contributed by atoms with E-state index in [1.54, 1.807) is 12.1 Å². The van der Waals surface area contributed by atoms with Crippen LogP contribution >= 0.6 is 15.9 Å². The third-order valence-electron chi connectivity index (χ3n) is 2.99. The highest BCUT2D eigenvalue weighted by Gasteiger charge is 2.11. The molecule has 0 aliphatic carbocycles. The van der Waals surface area contributed by atoms with Crippen molar-refractivity contribution in [3.05, 3.63) is 45.2 Å². The summed E-state index contributed by atoms with van der Waals surface area (Å²) in [6.45, 7) is 6.09. The molecule has 0 atom stereocenters. The van der Waals surface area contributed by atoms with E-state index in [-0.39, 0.29) is 0 Å². The molecule has 0 aliphatic heterocycles. The molecule has 0 aliphatic rings. The SMILES string of the molecule is Cc1nn(-c2ccc(C=O)cc2Br)c(C)c1C. The van der Waals surface area contributed by atoms with Gasteiger partial charge in [-0.25, -0.2) is 4.68 Å². The molecule has 4 heteroatoms. The minimum Gasteiger partial charge on any atom is -0.298 e. The van der Waals surface area contributed by atoms with Crippen LogP contribution in [0.2, 0.25) is 0 Å². The third-order valence-corrected chi connectivity index (χ3v) is 3.62. The van der Waals surface area contributed by atoms with Crippen LogP contribution in [-0.2, 0) is 0 Å². The van der Waals surface area contributed by atoms with Crippen LogP contribution in [-0.4, -0.2) is 16.1 Å². The van der Waals surface area contributed by atoms with Crippen LogP contribution in [0.15, 0.2) is 22.7 Å². The molecule has 0 unspecified atom stereocenters. The summed E-state index contributed by atoms with van der Waals surface area (Å²) in [6, 6.07) is 5.49. The summed E-state index contributed by atoms with van der Waals surface area (Å²) >= 11 is 3.47. The Morgan fingerprint density at radius 1 is 1.29 bits per heavy atom. The second-order valence-corrected chi connectivity index (χ2v) is 4.89. The largest absolute Gasteiger partial charge is 0.298 e. The number of aldehydes is 1. The van der Waals surface area contributed by atoms with Crippen LogP contribution < -0.4 is 0 Å². The minimum absolute atomic E-state index is 0.652. The van der Waals surface area contributed by atoms with E-state index in [4.69, 9.17) is 0 Å². The Kier molecular flexibility index (Phi) is 3.15. The molecule has 2 rings (SSSR count). The molecule has 1 aromatic heterocycles. The van der Waals surface area contributed by atoms with Crippen LogP contribution in [0.3, 0.4) is 0 Å². The lowest BCUT2D eigenvalue weighted by Crippen LogP contribution is -2.00. The monoisotopic (exact) mass is 292 g/mol. The highest BCUT2D eigenvalue weighted by molar-refractivity contribution is 9.10. The maximum Gasteiger partial charge on any atom is 0.150 e. The zero-order chi connectivity index (χ0) is 12.6. The van der Waals surface area contributed by atoms with Crippen LogP contribution in [0.4, 0.5) is 0 Å². The molecule has 0 bridgehead atoms. The van der Waals surface area contributed by atoms with E-state index >= 15 is 0 Å². The van der Waals surface area contributed by atoms with Gasteiger partial charge in [-0.1, -0.05) is 0 Å². The van der Waals surface area contributed by atoms with Crippen molar-refractivity contribution in [2.24, 2.45) is 0 Å². The van der Waals surface area contributed by atoms with Gasteiger partial charge in [0.2, 0.25) is 0 Å². The van der Waals surface area contributed by atoms with Crippen LogP contribution in [0.25, 0.3) is 5.69 Å². The lowest BCUT2D eigenvalue weighted by molar-refractivity contribution is 0.112. The van der Waals surface area contributed by atoms with Crippen molar-refractivity contribution in [1.29, 1.82) is 0 Å². The smallest absolute Gasteiger partial charge is 0.150 e. The number of nitrogens with zero attached hydrogens (tertiary/aromatic N) is 2. The first-order chi connectivity index (χ1) is 8.04. The summed E-state index contributed by atoms with van der Waals surface area (Å²) in [6.07, 6.45) is 0.834. The molecule has 3 nitrogen and oxygen atoms in total. The van der Waals surface area contributed by atoms with E-state index in [9.17, 15) is 4.79 Å². The van der Waals surface area contributed by atoms with Gasteiger partial charge in [-0.05, 0) is 60.5 Å². The summed E-state index contributed by atoms with van der Waals surface area (Å²) in [7, 11) is 0. The van der Waals surface area contributed by atoms with E-state index in [1.807, 2.05) is 24.6 Å². The highest BCUT2D eigenvalue weighted by atomic mass is 79.9. The van der Waals surface area contributed by atoms with Gasteiger partial charge in [0.05, 0.1) is 11.4 Å². The quantitative estimate of drug-likeness (QED) is 0.796. The molecule has 2 aromatic rings. The molecule has 0 saturated carbocycles. The first-order valence-electron chi connectivity index (χ1n) is 5.32. The third kappa shape index (κ3) is 2.05. The topological polar surface area (TPSA) is 34.9 Å². The summed E-state index contributed by atoms with van der Waals surface area (Å²) in [4.78, 5) is 10.7. The molecule has 17 heavy (non-hydrogen) atoms. The van der Waals surface area contributed by atoms with E-state index in [0.717, 1.165) is 27.8 Å². The maximum atomic E-state index is 10.7. The Hall–Kier alpha value is -1.42.